The van der Waals surface area contributed by atoms with Gasteiger partial charge in [-0.3, -0.25) is 4.79 Å². The van der Waals surface area contributed by atoms with Gasteiger partial charge in [-0.25, -0.2) is 0 Å². The lowest BCUT2D eigenvalue weighted by Gasteiger charge is -2.09. The van der Waals surface area contributed by atoms with Crippen LogP contribution in [0.2, 0.25) is 0 Å². The monoisotopic (exact) mass is 230 g/mol. The zero-order valence-electron chi connectivity index (χ0n) is 10.3. The molecule has 1 atom stereocenters. The SMILES string of the molecule is CCC(CN)C(=O)c1cn(C)c2ccccc12. The van der Waals surface area contributed by atoms with Crippen LogP contribution >= 0.6 is 0 Å². The summed E-state index contributed by atoms with van der Waals surface area (Å²) in [6.45, 7) is 2.42. The third kappa shape index (κ3) is 1.98. The Morgan fingerprint density at radius 3 is 2.76 bits per heavy atom. The number of Topliss-reactive ketones (excluding diaryl/α,β-unsaturated/α-hetero) is 1. The number of nitrogens with two attached hydrogens (primary N) is 1. The van der Waals surface area contributed by atoms with Gasteiger partial charge in [0.1, 0.15) is 0 Å². The molecule has 2 rings (SSSR count). The Labute approximate surface area is 101 Å². The van der Waals surface area contributed by atoms with Crippen molar-refractivity contribution in [2.75, 3.05) is 6.54 Å². The van der Waals surface area contributed by atoms with E-state index in [-0.39, 0.29) is 11.7 Å². The Kier molecular flexibility index (Phi) is 3.29. The van der Waals surface area contributed by atoms with Crippen molar-refractivity contribution >= 4 is 16.7 Å². The number of aromatic nitrogens is 1. The molecule has 0 bridgehead atoms. The van der Waals surface area contributed by atoms with E-state index >= 15 is 0 Å². The van der Waals surface area contributed by atoms with Crippen molar-refractivity contribution in [1.82, 2.24) is 4.57 Å². The van der Waals surface area contributed by atoms with Crippen LogP contribution in [0.15, 0.2) is 30.5 Å². The Morgan fingerprint density at radius 1 is 1.41 bits per heavy atom. The summed E-state index contributed by atoms with van der Waals surface area (Å²) in [6, 6.07) is 7.96. The van der Waals surface area contributed by atoms with Crippen molar-refractivity contribution in [1.29, 1.82) is 0 Å². The molecule has 0 spiro atoms. The minimum absolute atomic E-state index is 0.0687. The van der Waals surface area contributed by atoms with Gasteiger partial charge in [-0.1, -0.05) is 25.1 Å². The van der Waals surface area contributed by atoms with Crippen LogP contribution in [0, 0.1) is 5.92 Å². The minimum Gasteiger partial charge on any atom is -0.350 e. The highest BCUT2D eigenvalue weighted by molar-refractivity contribution is 6.09. The van der Waals surface area contributed by atoms with Gasteiger partial charge in [-0.15, -0.1) is 0 Å². The highest BCUT2D eigenvalue weighted by atomic mass is 16.1. The van der Waals surface area contributed by atoms with Crippen molar-refractivity contribution in [2.45, 2.75) is 13.3 Å². The normalized spacial score (nSPS) is 12.9. The lowest BCUT2D eigenvalue weighted by Crippen LogP contribution is -2.22. The largest absolute Gasteiger partial charge is 0.350 e. The molecule has 3 nitrogen and oxygen atoms in total. The van der Waals surface area contributed by atoms with E-state index in [0.29, 0.717) is 6.54 Å². The van der Waals surface area contributed by atoms with E-state index in [4.69, 9.17) is 5.73 Å². The molecule has 2 N–H and O–H groups in total. The van der Waals surface area contributed by atoms with Crippen LogP contribution in [0.25, 0.3) is 10.9 Å². The van der Waals surface area contributed by atoms with Gasteiger partial charge in [0.05, 0.1) is 0 Å². The predicted molar refractivity (Wildman–Crippen MR) is 70.1 cm³/mol. The van der Waals surface area contributed by atoms with Gasteiger partial charge in [-0.05, 0) is 12.5 Å². The van der Waals surface area contributed by atoms with Crippen LogP contribution in [0.3, 0.4) is 0 Å². The Hall–Kier alpha value is -1.61. The van der Waals surface area contributed by atoms with Crippen molar-refractivity contribution in [2.24, 2.45) is 18.7 Å². The highest BCUT2D eigenvalue weighted by Gasteiger charge is 2.20. The minimum atomic E-state index is -0.0687. The van der Waals surface area contributed by atoms with E-state index in [2.05, 4.69) is 0 Å². The molecule has 0 aliphatic heterocycles. The van der Waals surface area contributed by atoms with E-state index in [1.807, 2.05) is 49.0 Å². The number of benzene rings is 1. The molecule has 1 aromatic heterocycles. The maximum absolute atomic E-state index is 12.3. The van der Waals surface area contributed by atoms with Crippen LogP contribution in [0.4, 0.5) is 0 Å². The average Bonchev–Trinajstić information content (AvgIpc) is 2.69. The summed E-state index contributed by atoms with van der Waals surface area (Å²) in [5.41, 5.74) is 7.52. The maximum Gasteiger partial charge on any atom is 0.169 e. The third-order valence-corrected chi connectivity index (χ3v) is 3.31. The Bertz CT molecular complexity index is 538. The molecule has 0 aliphatic carbocycles. The van der Waals surface area contributed by atoms with Gasteiger partial charge < -0.3 is 10.3 Å². The summed E-state index contributed by atoms with van der Waals surface area (Å²) in [5.74, 6) is 0.0904. The summed E-state index contributed by atoms with van der Waals surface area (Å²) in [6.07, 6.45) is 2.70. The summed E-state index contributed by atoms with van der Waals surface area (Å²) >= 11 is 0. The van der Waals surface area contributed by atoms with Crippen molar-refractivity contribution in [3.05, 3.63) is 36.0 Å². The molecule has 3 heteroatoms. The van der Waals surface area contributed by atoms with Crippen LogP contribution in [-0.2, 0) is 7.05 Å². The molecule has 1 heterocycles. The standard InChI is InChI=1S/C14H18N2O/c1-3-10(8-15)14(17)12-9-16(2)13-7-5-4-6-11(12)13/h4-7,9-10H,3,8,15H2,1-2H3. The quantitative estimate of drug-likeness (QED) is 0.819. The Morgan fingerprint density at radius 2 is 2.12 bits per heavy atom. The van der Waals surface area contributed by atoms with Crippen molar-refractivity contribution in [3.8, 4) is 0 Å². The van der Waals surface area contributed by atoms with Gasteiger partial charge in [-0.2, -0.15) is 0 Å². The second-order valence-corrected chi connectivity index (χ2v) is 4.38. The Balaban J connectivity index is 2.52. The molecule has 2 aromatic rings. The van der Waals surface area contributed by atoms with Crippen LogP contribution in [0.1, 0.15) is 23.7 Å². The number of fused-ring (bicyclic) bond motifs is 1. The van der Waals surface area contributed by atoms with E-state index < -0.39 is 0 Å². The molecule has 0 saturated heterocycles. The smallest absolute Gasteiger partial charge is 0.169 e. The molecule has 90 valence electrons. The van der Waals surface area contributed by atoms with E-state index in [9.17, 15) is 4.79 Å². The number of ketones is 1. The first-order chi connectivity index (χ1) is 8.19. The molecule has 0 aliphatic rings. The molecule has 1 unspecified atom stereocenters. The predicted octanol–water partition coefficient (Wildman–Crippen LogP) is 2.35. The fourth-order valence-electron chi connectivity index (χ4n) is 2.22. The number of rotatable bonds is 4. The lowest BCUT2D eigenvalue weighted by atomic mass is 9.95. The second-order valence-electron chi connectivity index (χ2n) is 4.38. The molecule has 0 amide bonds. The van der Waals surface area contributed by atoms with Crippen molar-refractivity contribution < 1.29 is 4.79 Å². The number of nitrogens with zero attached hydrogens (tertiary/aromatic N) is 1. The number of para-hydroxylation sites is 1. The third-order valence-electron chi connectivity index (χ3n) is 3.31. The van der Waals surface area contributed by atoms with Crippen LogP contribution in [-0.4, -0.2) is 16.9 Å². The number of carbonyl (C=O) groups is 1. The first-order valence-corrected chi connectivity index (χ1v) is 5.97. The molecule has 1 aromatic carbocycles. The van der Waals surface area contributed by atoms with E-state index in [1.54, 1.807) is 0 Å². The fourth-order valence-corrected chi connectivity index (χ4v) is 2.22. The molecular weight excluding hydrogens is 212 g/mol. The summed E-state index contributed by atoms with van der Waals surface area (Å²) in [4.78, 5) is 12.3. The molecule has 0 radical (unpaired) electrons. The fraction of sp³-hybridized carbons (Fsp3) is 0.357. The molecule has 17 heavy (non-hydrogen) atoms. The topological polar surface area (TPSA) is 48.0 Å². The van der Waals surface area contributed by atoms with E-state index in [1.165, 1.54) is 0 Å². The molecule has 0 fully saturated rings. The van der Waals surface area contributed by atoms with Gasteiger partial charge >= 0.3 is 0 Å². The van der Waals surface area contributed by atoms with Gasteiger partial charge in [0.15, 0.2) is 5.78 Å². The average molecular weight is 230 g/mol. The van der Waals surface area contributed by atoms with E-state index in [0.717, 1.165) is 22.9 Å². The lowest BCUT2D eigenvalue weighted by molar-refractivity contribution is 0.0923. The van der Waals surface area contributed by atoms with Crippen molar-refractivity contribution in [3.63, 3.8) is 0 Å². The molecule has 0 saturated carbocycles. The number of hydrogen-bond donors (Lipinski definition) is 1. The number of carbonyl (C=O) groups excluding carboxylic acids is 1. The number of hydrogen-bond acceptors (Lipinski definition) is 2. The van der Waals surface area contributed by atoms with Crippen LogP contribution < -0.4 is 5.73 Å². The zero-order valence-corrected chi connectivity index (χ0v) is 10.3. The summed E-state index contributed by atoms with van der Waals surface area (Å²) < 4.78 is 1.99. The molecular formula is C14H18N2O. The first-order valence-electron chi connectivity index (χ1n) is 5.97. The second kappa shape index (κ2) is 4.72. The van der Waals surface area contributed by atoms with Gasteiger partial charge in [0.2, 0.25) is 0 Å². The van der Waals surface area contributed by atoms with Crippen LogP contribution in [0.5, 0.6) is 0 Å². The zero-order chi connectivity index (χ0) is 12.4. The first kappa shape index (κ1) is 11.9. The number of aryl methyl sites for hydroxylation is 1. The van der Waals surface area contributed by atoms with Gasteiger partial charge in [0, 0.05) is 42.2 Å². The highest BCUT2D eigenvalue weighted by Crippen LogP contribution is 2.23. The summed E-state index contributed by atoms with van der Waals surface area (Å²) in [5, 5.41) is 1.02. The summed E-state index contributed by atoms with van der Waals surface area (Å²) in [7, 11) is 1.96. The maximum atomic E-state index is 12.3. The van der Waals surface area contributed by atoms with Gasteiger partial charge in [0.25, 0.3) is 0 Å².